The summed E-state index contributed by atoms with van der Waals surface area (Å²) < 4.78 is 5.49. The molecule has 2 aromatic rings. The van der Waals surface area contributed by atoms with Crippen molar-refractivity contribution in [2.75, 3.05) is 17.2 Å². The Morgan fingerprint density at radius 1 is 1.15 bits per heavy atom. The van der Waals surface area contributed by atoms with E-state index in [-0.39, 0.29) is 23.6 Å². The zero-order valence-electron chi connectivity index (χ0n) is 19.5. The van der Waals surface area contributed by atoms with Gasteiger partial charge in [-0.3, -0.25) is 14.9 Å². The summed E-state index contributed by atoms with van der Waals surface area (Å²) in [5.41, 5.74) is 5.04. The average Bonchev–Trinajstić information content (AvgIpc) is 2.85. The maximum absolute atomic E-state index is 13.4. The number of nitrogens with one attached hydrogen (secondary N) is 2. The lowest BCUT2D eigenvalue weighted by molar-refractivity contribution is -0.386. The molecule has 0 bridgehead atoms. The number of ketones is 1. The monoisotopic (exact) mass is 451 g/mol. The third-order valence-corrected chi connectivity index (χ3v) is 6.33. The molecule has 1 heterocycles. The summed E-state index contributed by atoms with van der Waals surface area (Å²) >= 11 is 0. The second-order valence-electron chi connectivity index (χ2n) is 9.59. The number of aromatic hydroxyl groups is 1. The molecule has 0 aromatic heterocycles. The van der Waals surface area contributed by atoms with Gasteiger partial charge in [0, 0.05) is 23.8 Å². The quantitative estimate of drug-likeness (QED) is 0.413. The van der Waals surface area contributed by atoms with Crippen LogP contribution in [-0.4, -0.2) is 22.4 Å². The minimum Gasteiger partial charge on any atom is -0.500 e. The molecule has 1 atom stereocenters. The lowest BCUT2D eigenvalue weighted by Crippen LogP contribution is -2.31. The fourth-order valence-electron chi connectivity index (χ4n) is 4.65. The van der Waals surface area contributed by atoms with E-state index in [0.29, 0.717) is 24.0 Å². The molecule has 0 amide bonds. The van der Waals surface area contributed by atoms with Crippen LogP contribution in [0.5, 0.6) is 11.5 Å². The fourth-order valence-corrected chi connectivity index (χ4v) is 4.65. The normalized spacial score (nSPS) is 19.1. The van der Waals surface area contributed by atoms with Crippen molar-refractivity contribution in [1.29, 1.82) is 0 Å². The summed E-state index contributed by atoms with van der Waals surface area (Å²) in [6, 6.07) is 6.31. The number of hydrogen-bond acceptors (Lipinski definition) is 7. The van der Waals surface area contributed by atoms with E-state index in [2.05, 4.69) is 24.5 Å². The number of hydrogen-bond donors (Lipinski definition) is 3. The number of ether oxygens (including phenoxy) is 1. The maximum Gasteiger partial charge on any atom is 0.315 e. The number of phenolic OH excluding ortho intramolecular Hbond substituents is 1. The van der Waals surface area contributed by atoms with Gasteiger partial charge in [0.15, 0.2) is 11.5 Å². The Hall–Kier alpha value is -3.55. The van der Waals surface area contributed by atoms with Crippen molar-refractivity contribution >= 4 is 22.8 Å². The first kappa shape index (κ1) is 22.6. The Balaban J connectivity index is 1.96. The van der Waals surface area contributed by atoms with Crippen LogP contribution in [0.3, 0.4) is 0 Å². The number of Topliss-reactive ketones (excluding diaryl/α,β-unsaturated/α-hetero) is 1. The molecule has 8 heteroatoms. The number of nitrogens with zero attached hydrogens (tertiary/aromatic N) is 1. The Kier molecular flexibility index (Phi) is 5.56. The molecule has 8 nitrogen and oxygen atoms in total. The van der Waals surface area contributed by atoms with Crippen LogP contribution in [0.1, 0.15) is 56.3 Å². The molecule has 3 N–H and O–H groups in total. The molecule has 0 radical (unpaired) electrons. The van der Waals surface area contributed by atoms with Crippen LogP contribution in [0.15, 0.2) is 35.5 Å². The number of carbonyl (C=O) groups excluding carboxylic acids is 1. The van der Waals surface area contributed by atoms with Gasteiger partial charge in [-0.15, -0.1) is 0 Å². The molecular weight excluding hydrogens is 422 g/mol. The van der Waals surface area contributed by atoms with E-state index in [1.54, 1.807) is 13.0 Å². The molecular formula is C25H29N3O5. The summed E-state index contributed by atoms with van der Waals surface area (Å²) in [4.78, 5) is 24.4. The van der Waals surface area contributed by atoms with Crippen LogP contribution in [0.2, 0.25) is 0 Å². The van der Waals surface area contributed by atoms with E-state index in [0.717, 1.165) is 28.2 Å². The van der Waals surface area contributed by atoms with Crippen LogP contribution in [-0.2, 0) is 4.79 Å². The van der Waals surface area contributed by atoms with Crippen LogP contribution >= 0.6 is 0 Å². The minimum absolute atomic E-state index is 0.0128. The van der Waals surface area contributed by atoms with E-state index in [4.69, 9.17) is 4.74 Å². The summed E-state index contributed by atoms with van der Waals surface area (Å²) in [5, 5.41) is 29.0. The molecule has 0 fully saturated rings. The van der Waals surface area contributed by atoms with Crippen molar-refractivity contribution in [3.05, 3.63) is 62.3 Å². The third kappa shape index (κ3) is 4.13. The molecule has 0 unspecified atom stereocenters. The number of nitro benzene ring substituents is 1. The van der Waals surface area contributed by atoms with Crippen molar-refractivity contribution in [2.45, 2.75) is 53.5 Å². The Morgan fingerprint density at radius 3 is 2.45 bits per heavy atom. The number of rotatable bonds is 4. The van der Waals surface area contributed by atoms with Gasteiger partial charge in [0.1, 0.15) is 0 Å². The van der Waals surface area contributed by atoms with E-state index < -0.39 is 22.4 Å². The number of allylic oxidation sites excluding steroid dienone is 1. The smallest absolute Gasteiger partial charge is 0.315 e. The number of benzene rings is 2. The molecule has 4 rings (SSSR count). The van der Waals surface area contributed by atoms with Crippen molar-refractivity contribution < 1.29 is 19.6 Å². The van der Waals surface area contributed by atoms with Gasteiger partial charge in [-0.1, -0.05) is 13.8 Å². The van der Waals surface area contributed by atoms with E-state index in [1.165, 1.54) is 6.07 Å². The second-order valence-corrected chi connectivity index (χ2v) is 9.59. The molecule has 1 aliphatic heterocycles. The summed E-state index contributed by atoms with van der Waals surface area (Å²) in [6.45, 7) is 10.1. The Bertz CT molecular complexity index is 1200. The number of phenols is 1. The highest BCUT2D eigenvalue weighted by Crippen LogP contribution is 2.48. The van der Waals surface area contributed by atoms with Gasteiger partial charge in [0.2, 0.25) is 5.75 Å². The standard InChI is InChI=1S/C25H29N3O5/c1-6-33-21-10-15(9-19(24(21)30)28(31)32)23-22-18(11-25(4,5)12-20(22)29)26-16-7-13(2)14(3)8-17(16)27-23/h7-10,23,26-27,30H,6,11-12H2,1-5H3/t23-/m0/s1. The molecule has 0 saturated carbocycles. The van der Waals surface area contributed by atoms with Crippen molar-refractivity contribution in [3.63, 3.8) is 0 Å². The van der Waals surface area contributed by atoms with E-state index >= 15 is 0 Å². The van der Waals surface area contributed by atoms with Crippen molar-refractivity contribution in [3.8, 4) is 11.5 Å². The average molecular weight is 452 g/mol. The molecule has 2 aromatic carbocycles. The largest absolute Gasteiger partial charge is 0.500 e. The fraction of sp³-hybridized carbons (Fsp3) is 0.400. The van der Waals surface area contributed by atoms with Gasteiger partial charge in [0.05, 0.1) is 28.9 Å². The highest BCUT2D eigenvalue weighted by Gasteiger charge is 2.39. The highest BCUT2D eigenvalue weighted by atomic mass is 16.6. The van der Waals surface area contributed by atoms with E-state index in [9.17, 15) is 20.0 Å². The number of carbonyl (C=O) groups is 1. The molecule has 0 spiro atoms. The van der Waals surface area contributed by atoms with Gasteiger partial charge < -0.3 is 20.5 Å². The zero-order chi connectivity index (χ0) is 24.1. The van der Waals surface area contributed by atoms with Crippen molar-refractivity contribution in [1.82, 2.24) is 0 Å². The number of aryl methyl sites for hydroxylation is 2. The summed E-state index contributed by atoms with van der Waals surface area (Å²) in [5.74, 6) is -0.512. The van der Waals surface area contributed by atoms with Gasteiger partial charge >= 0.3 is 5.69 Å². The minimum atomic E-state index is -0.641. The molecule has 2 aliphatic rings. The van der Waals surface area contributed by atoms with E-state index in [1.807, 2.05) is 26.0 Å². The second kappa shape index (κ2) is 8.10. The number of anilines is 2. The number of fused-ring (bicyclic) bond motifs is 1. The van der Waals surface area contributed by atoms with Crippen LogP contribution in [0, 0.1) is 29.4 Å². The highest BCUT2D eigenvalue weighted by molar-refractivity contribution is 6.01. The predicted octanol–water partition coefficient (Wildman–Crippen LogP) is 5.54. The van der Waals surface area contributed by atoms with Gasteiger partial charge in [-0.2, -0.15) is 0 Å². The lowest BCUT2D eigenvalue weighted by Gasteiger charge is -2.34. The lowest BCUT2D eigenvalue weighted by atomic mass is 9.73. The first-order valence-corrected chi connectivity index (χ1v) is 11.1. The maximum atomic E-state index is 13.4. The predicted molar refractivity (Wildman–Crippen MR) is 127 cm³/mol. The summed E-state index contributed by atoms with van der Waals surface area (Å²) in [6.07, 6.45) is 1.04. The Labute approximate surface area is 192 Å². The molecule has 1 aliphatic carbocycles. The van der Waals surface area contributed by atoms with Gasteiger partial charge in [-0.25, -0.2) is 0 Å². The van der Waals surface area contributed by atoms with Crippen molar-refractivity contribution in [2.24, 2.45) is 5.41 Å². The van der Waals surface area contributed by atoms with Crippen LogP contribution in [0.25, 0.3) is 0 Å². The molecule has 0 saturated heterocycles. The SMILES string of the molecule is CCOc1cc([C@@H]2Nc3cc(C)c(C)cc3NC3=C2C(=O)CC(C)(C)C3)cc([N+](=O)[O-])c1O. The summed E-state index contributed by atoms with van der Waals surface area (Å²) in [7, 11) is 0. The number of nitro groups is 1. The Morgan fingerprint density at radius 2 is 1.82 bits per heavy atom. The van der Waals surface area contributed by atoms with Crippen LogP contribution < -0.4 is 15.4 Å². The first-order chi connectivity index (χ1) is 15.5. The zero-order valence-corrected chi connectivity index (χ0v) is 19.5. The first-order valence-electron chi connectivity index (χ1n) is 11.1. The molecule has 33 heavy (non-hydrogen) atoms. The topological polar surface area (TPSA) is 114 Å². The third-order valence-electron chi connectivity index (χ3n) is 6.33. The van der Waals surface area contributed by atoms with Crippen LogP contribution in [0.4, 0.5) is 17.1 Å². The van der Waals surface area contributed by atoms with Gasteiger partial charge in [0.25, 0.3) is 0 Å². The van der Waals surface area contributed by atoms with Gasteiger partial charge in [-0.05, 0) is 67.5 Å². The molecule has 174 valence electrons.